The number of carbonyl (C=O) groups excluding carboxylic acids is 1. The average Bonchev–Trinajstić information content (AvgIpc) is 2.76. The standard InChI is InChI=1S/C24H29F3N2O.ClH/c1-2-3-14-29-15-6-7-18(17-29)16-28-23(30)22-9-5-4-8-21(22)19-10-12-20(13-11-19)24(25,26)27;/h4-5,8-13,18H,2-3,6-7,14-17H2,1H3,(H,28,30);1H. The zero-order valence-electron chi connectivity index (χ0n) is 17.8. The molecule has 2 aromatic carbocycles. The van der Waals surface area contributed by atoms with E-state index in [2.05, 4.69) is 17.1 Å². The van der Waals surface area contributed by atoms with Crippen LogP contribution in [0.3, 0.4) is 0 Å². The second kappa shape index (κ2) is 11.5. The molecule has 1 N–H and O–H groups in total. The van der Waals surface area contributed by atoms with Gasteiger partial charge >= 0.3 is 6.18 Å². The smallest absolute Gasteiger partial charge is 0.352 e. The van der Waals surface area contributed by atoms with Gasteiger partial charge in [-0.1, -0.05) is 43.7 Å². The lowest BCUT2D eigenvalue weighted by atomic mass is 9.96. The van der Waals surface area contributed by atoms with Crippen molar-refractivity contribution >= 4 is 18.3 Å². The summed E-state index contributed by atoms with van der Waals surface area (Å²) in [5.74, 6) is 0.244. The minimum Gasteiger partial charge on any atom is -0.352 e. The van der Waals surface area contributed by atoms with E-state index in [0.717, 1.165) is 44.6 Å². The van der Waals surface area contributed by atoms with E-state index in [0.29, 0.717) is 29.2 Å². The van der Waals surface area contributed by atoms with Gasteiger partial charge in [0.2, 0.25) is 0 Å². The van der Waals surface area contributed by atoms with Crippen LogP contribution in [0.15, 0.2) is 48.5 Å². The highest BCUT2D eigenvalue weighted by Gasteiger charge is 2.30. The molecule has 1 aliphatic heterocycles. The zero-order chi connectivity index (χ0) is 21.6. The number of likely N-dealkylation sites (tertiary alicyclic amines) is 1. The second-order valence-electron chi connectivity index (χ2n) is 7.99. The molecule has 0 radical (unpaired) electrons. The molecule has 1 aliphatic rings. The molecule has 2 aromatic rings. The summed E-state index contributed by atoms with van der Waals surface area (Å²) in [6, 6.07) is 12.0. The third kappa shape index (κ3) is 6.97. The van der Waals surface area contributed by atoms with Crippen molar-refractivity contribution in [2.45, 2.75) is 38.8 Å². The lowest BCUT2D eigenvalue weighted by Crippen LogP contribution is -2.41. The maximum Gasteiger partial charge on any atom is 0.416 e. The molecule has 3 rings (SSSR count). The predicted octanol–water partition coefficient (Wildman–Crippen LogP) is 6.04. The van der Waals surface area contributed by atoms with Crippen molar-refractivity contribution in [3.63, 3.8) is 0 Å². The van der Waals surface area contributed by atoms with Gasteiger partial charge in [0.25, 0.3) is 5.91 Å². The number of piperidine rings is 1. The van der Waals surface area contributed by atoms with Gasteiger partial charge in [-0.2, -0.15) is 13.2 Å². The van der Waals surface area contributed by atoms with Crippen molar-refractivity contribution < 1.29 is 18.0 Å². The summed E-state index contributed by atoms with van der Waals surface area (Å²) in [7, 11) is 0. The molecule has 0 aromatic heterocycles. The van der Waals surface area contributed by atoms with Gasteiger partial charge in [-0.3, -0.25) is 4.79 Å². The van der Waals surface area contributed by atoms with Crippen LogP contribution in [0, 0.1) is 5.92 Å². The highest BCUT2D eigenvalue weighted by molar-refractivity contribution is 6.00. The Kier molecular flexibility index (Phi) is 9.38. The van der Waals surface area contributed by atoms with Gasteiger partial charge in [0, 0.05) is 18.7 Å². The van der Waals surface area contributed by atoms with Crippen LogP contribution in [0.2, 0.25) is 0 Å². The normalized spacial score (nSPS) is 17.1. The van der Waals surface area contributed by atoms with Gasteiger partial charge in [-0.05, 0) is 67.6 Å². The summed E-state index contributed by atoms with van der Waals surface area (Å²) in [4.78, 5) is 15.3. The highest BCUT2D eigenvalue weighted by Crippen LogP contribution is 2.32. The van der Waals surface area contributed by atoms with Crippen LogP contribution in [-0.4, -0.2) is 37.0 Å². The number of hydrogen-bond donors (Lipinski definition) is 1. The summed E-state index contributed by atoms with van der Waals surface area (Å²) < 4.78 is 38.5. The molecular formula is C24H30ClF3N2O. The van der Waals surface area contributed by atoms with Crippen LogP contribution in [0.25, 0.3) is 11.1 Å². The molecule has 1 heterocycles. The van der Waals surface area contributed by atoms with Crippen LogP contribution in [-0.2, 0) is 6.18 Å². The summed E-state index contributed by atoms with van der Waals surface area (Å²) in [6.45, 7) is 6.04. The van der Waals surface area contributed by atoms with Gasteiger partial charge < -0.3 is 10.2 Å². The first-order valence-electron chi connectivity index (χ1n) is 10.7. The molecule has 1 unspecified atom stereocenters. The minimum absolute atomic E-state index is 0. The molecule has 3 nitrogen and oxygen atoms in total. The maximum atomic E-state index is 12.9. The summed E-state index contributed by atoms with van der Waals surface area (Å²) in [6.07, 6.45) is 0.245. The SMILES string of the molecule is CCCCN1CCCC(CNC(=O)c2ccccc2-c2ccc(C(F)(F)F)cc2)C1.Cl. The third-order valence-corrected chi connectivity index (χ3v) is 5.68. The van der Waals surface area contributed by atoms with Crippen LogP contribution >= 0.6 is 12.4 Å². The van der Waals surface area contributed by atoms with E-state index < -0.39 is 11.7 Å². The van der Waals surface area contributed by atoms with Crippen molar-refractivity contribution in [2.24, 2.45) is 5.92 Å². The molecule has 0 spiro atoms. The number of halogens is 4. The topological polar surface area (TPSA) is 32.3 Å². The molecule has 7 heteroatoms. The highest BCUT2D eigenvalue weighted by atomic mass is 35.5. The second-order valence-corrected chi connectivity index (χ2v) is 7.99. The fraction of sp³-hybridized carbons (Fsp3) is 0.458. The Labute approximate surface area is 188 Å². The molecule has 1 amide bonds. The summed E-state index contributed by atoms with van der Waals surface area (Å²) >= 11 is 0. The Morgan fingerprint density at radius 3 is 2.52 bits per heavy atom. The van der Waals surface area contributed by atoms with E-state index in [1.54, 1.807) is 24.3 Å². The molecule has 31 heavy (non-hydrogen) atoms. The van der Waals surface area contributed by atoms with Crippen molar-refractivity contribution in [1.82, 2.24) is 10.2 Å². The Morgan fingerprint density at radius 1 is 1.13 bits per heavy atom. The van der Waals surface area contributed by atoms with Crippen LogP contribution < -0.4 is 5.32 Å². The van der Waals surface area contributed by atoms with Crippen LogP contribution in [0.4, 0.5) is 13.2 Å². The molecule has 0 bridgehead atoms. The van der Waals surface area contributed by atoms with E-state index in [9.17, 15) is 18.0 Å². The van der Waals surface area contributed by atoms with Crippen LogP contribution in [0.5, 0.6) is 0 Å². The molecule has 0 saturated carbocycles. The molecule has 1 saturated heterocycles. The Morgan fingerprint density at radius 2 is 1.84 bits per heavy atom. The summed E-state index contributed by atoms with van der Waals surface area (Å²) in [5, 5.41) is 3.05. The number of hydrogen-bond acceptors (Lipinski definition) is 2. The average molecular weight is 455 g/mol. The van der Waals surface area contributed by atoms with E-state index in [1.807, 2.05) is 0 Å². The predicted molar refractivity (Wildman–Crippen MR) is 121 cm³/mol. The lowest BCUT2D eigenvalue weighted by molar-refractivity contribution is -0.137. The maximum absolute atomic E-state index is 12.9. The Balaban J connectivity index is 0.00000341. The van der Waals surface area contributed by atoms with Crippen molar-refractivity contribution in [3.05, 3.63) is 59.7 Å². The third-order valence-electron chi connectivity index (χ3n) is 5.68. The first-order valence-corrected chi connectivity index (χ1v) is 10.7. The molecule has 1 fully saturated rings. The molecular weight excluding hydrogens is 425 g/mol. The lowest BCUT2D eigenvalue weighted by Gasteiger charge is -2.32. The number of carbonyl (C=O) groups is 1. The number of rotatable bonds is 7. The first-order chi connectivity index (χ1) is 14.4. The van der Waals surface area contributed by atoms with Gasteiger partial charge in [-0.15, -0.1) is 12.4 Å². The number of alkyl halides is 3. The Bertz CT molecular complexity index is 839. The summed E-state index contributed by atoms with van der Waals surface area (Å²) in [5.41, 5.74) is 1.02. The van der Waals surface area contributed by atoms with Gasteiger partial charge in [0.15, 0.2) is 0 Å². The number of benzene rings is 2. The first kappa shape index (κ1) is 25.2. The number of unbranched alkanes of at least 4 members (excludes halogenated alkanes) is 1. The molecule has 0 aliphatic carbocycles. The van der Waals surface area contributed by atoms with Gasteiger partial charge in [0.05, 0.1) is 5.56 Å². The van der Waals surface area contributed by atoms with E-state index in [-0.39, 0.29) is 18.3 Å². The molecule has 170 valence electrons. The van der Waals surface area contributed by atoms with Crippen molar-refractivity contribution in [2.75, 3.05) is 26.2 Å². The van der Waals surface area contributed by atoms with Gasteiger partial charge in [0.1, 0.15) is 0 Å². The number of amides is 1. The monoisotopic (exact) mass is 454 g/mol. The van der Waals surface area contributed by atoms with E-state index in [4.69, 9.17) is 0 Å². The van der Waals surface area contributed by atoms with Crippen LogP contribution in [0.1, 0.15) is 48.5 Å². The largest absolute Gasteiger partial charge is 0.416 e. The van der Waals surface area contributed by atoms with Gasteiger partial charge in [-0.25, -0.2) is 0 Å². The van der Waals surface area contributed by atoms with E-state index >= 15 is 0 Å². The quantitative estimate of drug-likeness (QED) is 0.553. The fourth-order valence-electron chi connectivity index (χ4n) is 4.01. The fourth-order valence-corrected chi connectivity index (χ4v) is 4.01. The van der Waals surface area contributed by atoms with E-state index in [1.165, 1.54) is 25.0 Å². The zero-order valence-corrected chi connectivity index (χ0v) is 18.6. The number of nitrogens with zero attached hydrogens (tertiary/aromatic N) is 1. The number of nitrogens with one attached hydrogen (secondary N) is 1. The minimum atomic E-state index is -4.37. The Hall–Kier alpha value is -2.05. The van der Waals surface area contributed by atoms with Crippen molar-refractivity contribution in [1.29, 1.82) is 0 Å². The molecule has 1 atom stereocenters. The van der Waals surface area contributed by atoms with Crippen molar-refractivity contribution in [3.8, 4) is 11.1 Å².